The van der Waals surface area contributed by atoms with Crippen LogP contribution in [0.25, 0.3) is 0 Å². The van der Waals surface area contributed by atoms with E-state index in [0.29, 0.717) is 43.6 Å². The fourth-order valence-corrected chi connectivity index (χ4v) is 2.78. The Bertz CT molecular complexity index is 745. The molecule has 1 N–H and O–H groups in total. The van der Waals surface area contributed by atoms with Crippen LogP contribution in [-0.4, -0.2) is 53.6 Å². The van der Waals surface area contributed by atoms with Crippen LogP contribution < -0.4 is 10.2 Å². The Morgan fingerprint density at radius 1 is 1.12 bits per heavy atom. The fourth-order valence-electron chi connectivity index (χ4n) is 2.58. The van der Waals surface area contributed by atoms with Gasteiger partial charge >= 0.3 is 0 Å². The van der Waals surface area contributed by atoms with Gasteiger partial charge < -0.3 is 15.1 Å². The van der Waals surface area contributed by atoms with E-state index in [1.165, 1.54) is 0 Å². The summed E-state index contributed by atoms with van der Waals surface area (Å²) in [5, 5.41) is 11.5. The standard InChI is InChI=1S/C17H18ClN5O2/c18-14-4-2-1-3-13(14)11-19-17(25)15-5-6-16(21-20-15)23-9-7-22(12-24)8-10-23/h1-6,12H,7-11H2,(H,19,25). The summed E-state index contributed by atoms with van der Waals surface area (Å²) in [7, 11) is 0. The average Bonchev–Trinajstić information content (AvgIpc) is 2.67. The Morgan fingerprint density at radius 3 is 2.52 bits per heavy atom. The molecule has 130 valence electrons. The summed E-state index contributed by atoms with van der Waals surface area (Å²) in [4.78, 5) is 26.7. The second-order valence-electron chi connectivity index (χ2n) is 5.68. The summed E-state index contributed by atoms with van der Waals surface area (Å²) in [5.74, 6) is 0.401. The first kappa shape index (κ1) is 17.2. The maximum absolute atomic E-state index is 12.2. The normalized spacial score (nSPS) is 14.3. The molecule has 1 aromatic carbocycles. The lowest BCUT2D eigenvalue weighted by Crippen LogP contribution is -2.46. The molecule has 1 aliphatic heterocycles. The van der Waals surface area contributed by atoms with Gasteiger partial charge in [-0.15, -0.1) is 10.2 Å². The Kier molecular flexibility index (Phi) is 5.45. The summed E-state index contributed by atoms with van der Waals surface area (Å²) in [6, 6.07) is 10.8. The van der Waals surface area contributed by atoms with Crippen molar-refractivity contribution in [1.29, 1.82) is 0 Å². The van der Waals surface area contributed by atoms with Crippen LogP contribution in [0, 0.1) is 0 Å². The molecule has 2 aromatic rings. The molecule has 0 atom stereocenters. The van der Waals surface area contributed by atoms with E-state index in [1.54, 1.807) is 23.1 Å². The van der Waals surface area contributed by atoms with Gasteiger partial charge in [0.15, 0.2) is 11.5 Å². The van der Waals surface area contributed by atoms with Crippen LogP contribution in [0.15, 0.2) is 36.4 Å². The molecule has 2 heterocycles. The predicted octanol–water partition coefficient (Wildman–Crippen LogP) is 1.34. The highest BCUT2D eigenvalue weighted by molar-refractivity contribution is 6.31. The van der Waals surface area contributed by atoms with Crippen molar-refractivity contribution in [2.24, 2.45) is 0 Å². The molecule has 1 aliphatic rings. The van der Waals surface area contributed by atoms with Crippen molar-refractivity contribution in [1.82, 2.24) is 20.4 Å². The highest BCUT2D eigenvalue weighted by Crippen LogP contribution is 2.15. The minimum atomic E-state index is -0.301. The van der Waals surface area contributed by atoms with E-state index in [1.807, 2.05) is 23.1 Å². The Balaban J connectivity index is 1.57. The van der Waals surface area contributed by atoms with Crippen LogP contribution in [0.2, 0.25) is 5.02 Å². The highest BCUT2D eigenvalue weighted by atomic mass is 35.5. The molecule has 1 fully saturated rings. The van der Waals surface area contributed by atoms with Gasteiger partial charge in [-0.1, -0.05) is 29.8 Å². The predicted molar refractivity (Wildman–Crippen MR) is 94.5 cm³/mol. The van der Waals surface area contributed by atoms with E-state index in [4.69, 9.17) is 11.6 Å². The molecule has 0 bridgehead atoms. The molecule has 3 rings (SSSR count). The van der Waals surface area contributed by atoms with E-state index >= 15 is 0 Å². The molecule has 0 unspecified atom stereocenters. The molecule has 0 spiro atoms. The Hall–Kier alpha value is -2.67. The summed E-state index contributed by atoms with van der Waals surface area (Å²) in [6.45, 7) is 3.04. The molecule has 0 aliphatic carbocycles. The summed E-state index contributed by atoms with van der Waals surface area (Å²) >= 11 is 6.07. The zero-order chi connectivity index (χ0) is 17.6. The number of benzene rings is 1. The Morgan fingerprint density at radius 2 is 1.88 bits per heavy atom. The minimum Gasteiger partial charge on any atom is -0.352 e. The molecular formula is C17H18ClN5O2. The van der Waals surface area contributed by atoms with Crippen molar-refractivity contribution in [3.05, 3.63) is 52.7 Å². The molecule has 2 amide bonds. The number of anilines is 1. The van der Waals surface area contributed by atoms with E-state index in [-0.39, 0.29) is 11.6 Å². The number of nitrogens with one attached hydrogen (secondary N) is 1. The topological polar surface area (TPSA) is 78.4 Å². The van der Waals surface area contributed by atoms with Crippen molar-refractivity contribution in [3.8, 4) is 0 Å². The monoisotopic (exact) mass is 359 g/mol. The SMILES string of the molecule is O=CN1CCN(c2ccc(C(=O)NCc3ccccc3Cl)nn2)CC1. The zero-order valence-corrected chi connectivity index (χ0v) is 14.3. The van der Waals surface area contributed by atoms with Crippen LogP contribution in [0.3, 0.4) is 0 Å². The van der Waals surface area contributed by atoms with Gasteiger partial charge in [-0.05, 0) is 23.8 Å². The van der Waals surface area contributed by atoms with Gasteiger partial charge in [-0.25, -0.2) is 0 Å². The van der Waals surface area contributed by atoms with E-state index in [9.17, 15) is 9.59 Å². The van der Waals surface area contributed by atoms with Crippen molar-refractivity contribution in [3.63, 3.8) is 0 Å². The van der Waals surface area contributed by atoms with Gasteiger partial charge in [0, 0.05) is 37.7 Å². The quantitative estimate of drug-likeness (QED) is 0.815. The first-order valence-corrected chi connectivity index (χ1v) is 8.35. The van der Waals surface area contributed by atoms with E-state index < -0.39 is 0 Å². The number of hydrogen-bond acceptors (Lipinski definition) is 5. The van der Waals surface area contributed by atoms with Gasteiger partial charge in [0.2, 0.25) is 6.41 Å². The third-order valence-electron chi connectivity index (χ3n) is 4.07. The van der Waals surface area contributed by atoms with Crippen LogP contribution in [0.5, 0.6) is 0 Å². The third kappa shape index (κ3) is 4.24. The van der Waals surface area contributed by atoms with Crippen molar-refractivity contribution in [2.75, 3.05) is 31.1 Å². The number of carbonyl (C=O) groups is 2. The van der Waals surface area contributed by atoms with Gasteiger partial charge in [-0.3, -0.25) is 9.59 Å². The number of carbonyl (C=O) groups excluding carboxylic acids is 2. The largest absolute Gasteiger partial charge is 0.352 e. The minimum absolute atomic E-state index is 0.252. The Labute approximate surface area is 150 Å². The van der Waals surface area contributed by atoms with E-state index in [2.05, 4.69) is 15.5 Å². The number of hydrogen-bond donors (Lipinski definition) is 1. The highest BCUT2D eigenvalue weighted by Gasteiger charge is 2.17. The van der Waals surface area contributed by atoms with Gasteiger partial charge in [0.1, 0.15) is 0 Å². The number of amides is 2. The maximum atomic E-state index is 12.2. The molecule has 0 saturated carbocycles. The molecule has 7 nitrogen and oxygen atoms in total. The molecule has 8 heteroatoms. The van der Waals surface area contributed by atoms with Crippen LogP contribution in [0.1, 0.15) is 16.1 Å². The summed E-state index contributed by atoms with van der Waals surface area (Å²) < 4.78 is 0. The molecular weight excluding hydrogens is 342 g/mol. The zero-order valence-electron chi connectivity index (χ0n) is 13.6. The lowest BCUT2D eigenvalue weighted by molar-refractivity contribution is -0.118. The molecule has 1 aromatic heterocycles. The van der Waals surface area contributed by atoms with Gasteiger partial charge in [0.25, 0.3) is 5.91 Å². The number of rotatable bonds is 5. The average molecular weight is 360 g/mol. The second-order valence-corrected chi connectivity index (χ2v) is 6.09. The number of halogens is 1. The molecule has 25 heavy (non-hydrogen) atoms. The van der Waals surface area contributed by atoms with Crippen LogP contribution in [0.4, 0.5) is 5.82 Å². The third-order valence-corrected chi connectivity index (χ3v) is 4.44. The van der Waals surface area contributed by atoms with E-state index in [0.717, 1.165) is 12.0 Å². The van der Waals surface area contributed by atoms with Crippen LogP contribution >= 0.6 is 11.6 Å². The summed E-state index contributed by atoms with van der Waals surface area (Å²) in [6.07, 6.45) is 0.857. The first-order valence-electron chi connectivity index (χ1n) is 7.97. The number of piperazine rings is 1. The van der Waals surface area contributed by atoms with Gasteiger partial charge in [-0.2, -0.15) is 0 Å². The maximum Gasteiger partial charge on any atom is 0.272 e. The number of aromatic nitrogens is 2. The fraction of sp³-hybridized carbons (Fsp3) is 0.294. The first-order chi connectivity index (χ1) is 12.2. The lowest BCUT2D eigenvalue weighted by atomic mass is 10.2. The van der Waals surface area contributed by atoms with Crippen molar-refractivity contribution in [2.45, 2.75) is 6.54 Å². The lowest BCUT2D eigenvalue weighted by Gasteiger charge is -2.32. The van der Waals surface area contributed by atoms with Crippen LogP contribution in [-0.2, 0) is 11.3 Å². The molecule has 1 saturated heterocycles. The second kappa shape index (κ2) is 7.94. The summed E-state index contributed by atoms with van der Waals surface area (Å²) in [5.41, 5.74) is 1.09. The molecule has 0 radical (unpaired) electrons. The number of nitrogens with zero attached hydrogens (tertiary/aromatic N) is 4. The smallest absolute Gasteiger partial charge is 0.272 e. The van der Waals surface area contributed by atoms with Crippen molar-refractivity contribution >= 4 is 29.7 Å². The van der Waals surface area contributed by atoms with Crippen molar-refractivity contribution < 1.29 is 9.59 Å². The van der Waals surface area contributed by atoms with Gasteiger partial charge in [0.05, 0.1) is 0 Å².